The molecule has 0 saturated carbocycles. The molecule has 0 radical (unpaired) electrons. The number of carbonyl (C=O) groups excluding carboxylic acids is 1. The summed E-state index contributed by atoms with van der Waals surface area (Å²) in [4.78, 5) is 20.5. The van der Waals surface area contributed by atoms with Gasteiger partial charge in [0.1, 0.15) is 6.29 Å². The lowest BCUT2D eigenvalue weighted by Gasteiger charge is -2.14. The van der Waals surface area contributed by atoms with E-state index in [-0.39, 0.29) is 28.7 Å². The van der Waals surface area contributed by atoms with E-state index in [1.54, 1.807) is 6.92 Å². The van der Waals surface area contributed by atoms with E-state index in [0.29, 0.717) is 6.29 Å². The second-order valence-electron chi connectivity index (χ2n) is 4.64. The normalized spacial score (nSPS) is 11.0. The van der Waals surface area contributed by atoms with Gasteiger partial charge < -0.3 is 8.92 Å². The van der Waals surface area contributed by atoms with Gasteiger partial charge in [0.15, 0.2) is 10.6 Å². The summed E-state index contributed by atoms with van der Waals surface area (Å²) in [7, 11) is -4.57. The van der Waals surface area contributed by atoms with Crippen molar-refractivity contribution in [2.24, 2.45) is 0 Å². The Bertz CT molecular complexity index is 927. The molecule has 0 atom stereocenters. The molecule has 0 bridgehead atoms. The number of nitrogens with zero attached hydrogens (tertiary/aromatic N) is 1. The van der Waals surface area contributed by atoms with Crippen LogP contribution >= 0.6 is 11.6 Å². The van der Waals surface area contributed by atoms with E-state index in [0.717, 1.165) is 12.1 Å². The molecule has 2 aromatic carbocycles. The van der Waals surface area contributed by atoms with Gasteiger partial charge in [0, 0.05) is 11.6 Å². The quantitative estimate of drug-likeness (QED) is 0.311. The third kappa shape index (κ3) is 4.06. The van der Waals surface area contributed by atoms with Crippen molar-refractivity contribution in [1.29, 1.82) is 0 Å². The minimum Gasteiger partial charge on any atom is -0.490 e. The zero-order valence-electron chi connectivity index (χ0n) is 12.8. The molecule has 8 nitrogen and oxygen atoms in total. The van der Waals surface area contributed by atoms with Gasteiger partial charge in [0.25, 0.3) is 5.69 Å². The molecule has 0 heterocycles. The lowest BCUT2D eigenvalue weighted by Crippen LogP contribution is -2.13. The number of para-hydroxylation sites is 1. The first-order valence-corrected chi connectivity index (χ1v) is 8.68. The van der Waals surface area contributed by atoms with E-state index in [2.05, 4.69) is 0 Å². The van der Waals surface area contributed by atoms with Crippen LogP contribution in [-0.4, -0.2) is 26.2 Å². The van der Waals surface area contributed by atoms with E-state index < -0.39 is 25.6 Å². The van der Waals surface area contributed by atoms with Crippen molar-refractivity contribution in [1.82, 2.24) is 0 Å². The number of nitro benzene ring substituents is 1. The molecule has 25 heavy (non-hydrogen) atoms. The van der Waals surface area contributed by atoms with E-state index in [4.69, 9.17) is 20.5 Å². The maximum absolute atomic E-state index is 12.5. The first kappa shape index (κ1) is 18.7. The van der Waals surface area contributed by atoms with Gasteiger partial charge in [0.2, 0.25) is 5.75 Å². The summed E-state index contributed by atoms with van der Waals surface area (Å²) in [5.74, 6) is -0.425. The highest BCUT2D eigenvalue weighted by atomic mass is 35.5. The van der Waals surface area contributed by atoms with Crippen LogP contribution in [0.1, 0.15) is 17.3 Å². The Balaban J connectivity index is 2.55. The second kappa shape index (κ2) is 7.49. The van der Waals surface area contributed by atoms with Crippen LogP contribution in [-0.2, 0) is 10.1 Å². The Labute approximate surface area is 148 Å². The van der Waals surface area contributed by atoms with Crippen LogP contribution in [0.4, 0.5) is 5.69 Å². The Morgan fingerprint density at radius 2 is 1.96 bits per heavy atom. The minimum absolute atomic E-state index is 0.0701. The number of carbonyl (C=O) groups is 1. The average molecular weight is 386 g/mol. The Hall–Kier alpha value is -2.65. The van der Waals surface area contributed by atoms with Crippen molar-refractivity contribution in [3.8, 4) is 11.5 Å². The summed E-state index contributed by atoms with van der Waals surface area (Å²) in [6.45, 7) is 1.79. The topological polar surface area (TPSA) is 113 Å². The summed E-state index contributed by atoms with van der Waals surface area (Å²) in [5.41, 5.74) is -0.481. The predicted octanol–water partition coefficient (Wildman–Crippen LogP) is 3.23. The minimum atomic E-state index is -4.57. The van der Waals surface area contributed by atoms with Crippen LogP contribution in [0.25, 0.3) is 0 Å². The SMILES string of the molecule is CCOc1cc(C=O)cc(Cl)c1OS(=O)(=O)c1ccccc1[N+](=O)[O-]. The zero-order valence-corrected chi connectivity index (χ0v) is 14.4. The molecule has 0 amide bonds. The van der Waals surface area contributed by atoms with Gasteiger partial charge in [-0.1, -0.05) is 23.7 Å². The van der Waals surface area contributed by atoms with Gasteiger partial charge in [-0.15, -0.1) is 0 Å². The van der Waals surface area contributed by atoms with Crippen LogP contribution in [0.5, 0.6) is 11.5 Å². The van der Waals surface area contributed by atoms with Gasteiger partial charge in [-0.3, -0.25) is 14.9 Å². The average Bonchev–Trinajstić information content (AvgIpc) is 2.57. The highest BCUT2D eigenvalue weighted by Gasteiger charge is 2.29. The molecule has 10 heteroatoms. The molecule has 2 aromatic rings. The summed E-state index contributed by atoms with van der Waals surface area (Å²) in [5, 5.41) is 10.9. The summed E-state index contributed by atoms with van der Waals surface area (Å²) < 4.78 is 35.2. The van der Waals surface area contributed by atoms with Gasteiger partial charge in [-0.25, -0.2) is 0 Å². The maximum Gasteiger partial charge on any atom is 0.346 e. The number of ether oxygens (including phenoxy) is 1. The van der Waals surface area contributed by atoms with E-state index in [1.165, 1.54) is 24.3 Å². The van der Waals surface area contributed by atoms with Gasteiger partial charge >= 0.3 is 10.1 Å². The number of rotatable bonds is 7. The molecule has 0 saturated heterocycles. The fraction of sp³-hybridized carbons (Fsp3) is 0.133. The van der Waals surface area contributed by atoms with E-state index in [1.807, 2.05) is 0 Å². The zero-order chi connectivity index (χ0) is 18.6. The molecule has 132 valence electrons. The smallest absolute Gasteiger partial charge is 0.346 e. The number of hydrogen-bond donors (Lipinski definition) is 0. The maximum atomic E-state index is 12.5. The largest absolute Gasteiger partial charge is 0.490 e. The lowest BCUT2D eigenvalue weighted by atomic mass is 10.2. The molecule has 0 aromatic heterocycles. The van der Waals surface area contributed by atoms with Crippen molar-refractivity contribution >= 4 is 33.7 Å². The van der Waals surface area contributed by atoms with Crippen LogP contribution in [0.15, 0.2) is 41.3 Å². The molecule has 0 aliphatic rings. The number of aldehydes is 1. The van der Waals surface area contributed by atoms with Crippen LogP contribution < -0.4 is 8.92 Å². The van der Waals surface area contributed by atoms with Crippen LogP contribution in [0.2, 0.25) is 5.02 Å². The van der Waals surface area contributed by atoms with Gasteiger partial charge in [0.05, 0.1) is 16.6 Å². The predicted molar refractivity (Wildman–Crippen MR) is 88.9 cm³/mol. The lowest BCUT2D eigenvalue weighted by molar-refractivity contribution is -0.387. The van der Waals surface area contributed by atoms with Crippen molar-refractivity contribution in [3.05, 3.63) is 57.1 Å². The molecular weight excluding hydrogens is 374 g/mol. The first-order chi connectivity index (χ1) is 11.8. The highest BCUT2D eigenvalue weighted by molar-refractivity contribution is 7.87. The molecule has 0 unspecified atom stereocenters. The Morgan fingerprint density at radius 3 is 2.56 bits per heavy atom. The Kier molecular flexibility index (Phi) is 5.60. The van der Waals surface area contributed by atoms with Crippen LogP contribution in [0.3, 0.4) is 0 Å². The van der Waals surface area contributed by atoms with E-state index in [9.17, 15) is 23.3 Å². The molecule has 0 spiro atoms. The third-order valence-electron chi connectivity index (χ3n) is 2.99. The monoisotopic (exact) mass is 385 g/mol. The van der Waals surface area contributed by atoms with Gasteiger partial charge in [-0.05, 0) is 25.1 Å². The molecule has 0 N–H and O–H groups in total. The van der Waals surface area contributed by atoms with Crippen molar-refractivity contribution in [2.75, 3.05) is 6.61 Å². The van der Waals surface area contributed by atoms with Crippen molar-refractivity contribution in [2.45, 2.75) is 11.8 Å². The Morgan fingerprint density at radius 1 is 1.28 bits per heavy atom. The third-order valence-corrected chi connectivity index (χ3v) is 4.54. The van der Waals surface area contributed by atoms with Crippen LogP contribution in [0, 0.1) is 10.1 Å². The molecule has 2 rings (SSSR count). The molecular formula is C15H12ClNO7S. The summed E-state index contributed by atoms with van der Waals surface area (Å²) in [6.07, 6.45) is 0.509. The second-order valence-corrected chi connectivity index (χ2v) is 6.57. The molecule has 0 aliphatic carbocycles. The fourth-order valence-electron chi connectivity index (χ4n) is 1.97. The number of hydrogen-bond acceptors (Lipinski definition) is 7. The number of benzene rings is 2. The van der Waals surface area contributed by atoms with Crippen molar-refractivity contribution < 1.29 is 27.1 Å². The highest BCUT2D eigenvalue weighted by Crippen LogP contribution is 2.39. The summed E-state index contributed by atoms with van der Waals surface area (Å²) in [6, 6.07) is 7.19. The van der Waals surface area contributed by atoms with E-state index >= 15 is 0 Å². The first-order valence-electron chi connectivity index (χ1n) is 6.89. The number of halogens is 1. The summed E-state index contributed by atoms with van der Waals surface area (Å²) >= 11 is 5.98. The number of nitro groups is 1. The molecule has 0 aliphatic heterocycles. The molecule has 0 fully saturated rings. The standard InChI is InChI=1S/C15H12ClNO7S/c1-2-23-13-8-10(9-18)7-11(16)15(13)24-25(21,22)14-6-4-3-5-12(14)17(19)20/h3-9H,2H2,1H3. The van der Waals surface area contributed by atoms with Gasteiger partial charge in [-0.2, -0.15) is 8.42 Å². The van der Waals surface area contributed by atoms with Crippen molar-refractivity contribution in [3.63, 3.8) is 0 Å². The fourth-order valence-corrected chi connectivity index (χ4v) is 3.40.